The van der Waals surface area contributed by atoms with E-state index < -0.39 is 35.2 Å². The molecule has 2 unspecified atom stereocenters. The van der Waals surface area contributed by atoms with Crippen molar-refractivity contribution in [2.24, 2.45) is 0 Å². The highest BCUT2D eigenvalue weighted by molar-refractivity contribution is 8.00. The molecule has 0 radical (unpaired) electrons. The van der Waals surface area contributed by atoms with Crippen LogP contribution in [0.4, 0.5) is 0 Å². The molecule has 0 spiro atoms. The van der Waals surface area contributed by atoms with Gasteiger partial charge in [-0.05, 0) is 18.7 Å². The molecule has 2 aliphatic rings. The van der Waals surface area contributed by atoms with Gasteiger partial charge in [-0.25, -0.2) is 4.79 Å². The summed E-state index contributed by atoms with van der Waals surface area (Å²) in [5.41, 5.74) is 0.623. The normalized spacial score (nSPS) is 20.4. The van der Waals surface area contributed by atoms with Gasteiger partial charge in [0.2, 0.25) is 11.8 Å². The molecule has 1 aromatic carbocycles. The number of esters is 1. The molecule has 11 heteroatoms. The Morgan fingerprint density at radius 2 is 1.91 bits per heavy atom. The van der Waals surface area contributed by atoms with Crippen molar-refractivity contribution < 1.29 is 23.9 Å². The number of hydrogen-bond donors (Lipinski definition) is 2. The average molecular weight is 509 g/mol. The molecule has 2 heterocycles. The minimum atomic E-state index is -0.946. The molecule has 0 aliphatic carbocycles. The molecule has 3 atom stereocenters. The molecule has 9 nitrogen and oxygen atoms in total. The third kappa shape index (κ3) is 5.73. The topological polar surface area (TPSA) is 108 Å². The number of fused-ring (bicyclic) bond motifs is 1. The van der Waals surface area contributed by atoms with Gasteiger partial charge in [-0.1, -0.05) is 55.8 Å². The van der Waals surface area contributed by atoms with Crippen LogP contribution in [0.5, 0.6) is 0 Å². The summed E-state index contributed by atoms with van der Waals surface area (Å²) in [4.78, 5) is 53.7. The van der Waals surface area contributed by atoms with Gasteiger partial charge in [-0.15, -0.1) is 11.8 Å². The smallest absolute Gasteiger partial charge is 0.356 e. The van der Waals surface area contributed by atoms with E-state index in [4.69, 9.17) is 16.3 Å². The molecule has 0 aromatic heterocycles. The first-order chi connectivity index (χ1) is 16.3. The quantitative estimate of drug-likeness (QED) is 0.365. The van der Waals surface area contributed by atoms with Crippen LogP contribution in [0, 0.1) is 0 Å². The van der Waals surface area contributed by atoms with Crippen molar-refractivity contribution in [1.82, 2.24) is 20.4 Å². The summed E-state index contributed by atoms with van der Waals surface area (Å²) in [5.74, 6) is -1.67. The Morgan fingerprint density at radius 3 is 2.53 bits per heavy atom. The maximum absolute atomic E-state index is 13.0. The number of amides is 3. The molecule has 1 fully saturated rings. The number of benzene rings is 1. The standard InChI is InChI=1S/C23H29ClN4O5S/c1-4-27(5-2)11-12-33-23(32)19-16(24)13-34-22-18(21(31)28(19)22)26-20(30)17(25-14(3)29)15-9-7-6-8-10-15/h6-10,17-18,22H,4-5,11-13H2,1-3H3,(H,25,29)(H,26,30)/t17?,18-,22?/m1/s1. The molecule has 2 N–H and O–H groups in total. The number of β-lactam (4-membered cyclic amide) rings is 1. The van der Waals surface area contributed by atoms with E-state index in [2.05, 4.69) is 15.5 Å². The van der Waals surface area contributed by atoms with E-state index in [9.17, 15) is 19.2 Å². The summed E-state index contributed by atoms with van der Waals surface area (Å²) in [6, 6.07) is 6.97. The molecular formula is C23H29ClN4O5S. The van der Waals surface area contributed by atoms with Crippen LogP contribution in [0.25, 0.3) is 0 Å². The second kappa shape index (κ2) is 11.7. The summed E-state index contributed by atoms with van der Waals surface area (Å²) in [5, 5.41) is 5.10. The highest BCUT2D eigenvalue weighted by Gasteiger charge is 2.54. The number of nitrogens with zero attached hydrogens (tertiary/aromatic N) is 2. The largest absolute Gasteiger partial charge is 0.460 e. The molecule has 0 saturated carbocycles. The highest BCUT2D eigenvalue weighted by atomic mass is 35.5. The number of halogens is 1. The second-order valence-corrected chi connectivity index (χ2v) is 9.42. The Morgan fingerprint density at radius 1 is 1.24 bits per heavy atom. The van der Waals surface area contributed by atoms with E-state index in [1.807, 2.05) is 13.8 Å². The lowest BCUT2D eigenvalue weighted by atomic mass is 10.0. The van der Waals surface area contributed by atoms with Crippen LogP contribution in [0.2, 0.25) is 0 Å². The third-order valence-corrected chi connectivity index (χ3v) is 7.44. The fourth-order valence-corrected chi connectivity index (χ4v) is 5.38. The van der Waals surface area contributed by atoms with Crippen LogP contribution in [-0.2, 0) is 23.9 Å². The van der Waals surface area contributed by atoms with Gasteiger partial charge in [0.25, 0.3) is 5.91 Å². The number of carbonyl (C=O) groups is 4. The van der Waals surface area contributed by atoms with Gasteiger partial charge in [0.15, 0.2) is 0 Å². The van der Waals surface area contributed by atoms with E-state index >= 15 is 0 Å². The lowest BCUT2D eigenvalue weighted by molar-refractivity contribution is -0.153. The summed E-state index contributed by atoms with van der Waals surface area (Å²) < 4.78 is 5.38. The zero-order chi connectivity index (χ0) is 24.8. The summed E-state index contributed by atoms with van der Waals surface area (Å²) in [7, 11) is 0. The molecule has 184 valence electrons. The van der Waals surface area contributed by atoms with Crippen molar-refractivity contribution in [3.05, 3.63) is 46.6 Å². The Hall–Kier alpha value is -2.56. The Kier molecular flexibility index (Phi) is 8.98. The van der Waals surface area contributed by atoms with Crippen LogP contribution >= 0.6 is 23.4 Å². The fraction of sp³-hybridized carbons (Fsp3) is 0.478. The first-order valence-corrected chi connectivity index (χ1v) is 12.6. The van der Waals surface area contributed by atoms with Crippen LogP contribution in [-0.4, -0.2) is 76.9 Å². The van der Waals surface area contributed by atoms with Gasteiger partial charge in [0, 0.05) is 19.2 Å². The maximum atomic E-state index is 13.0. The van der Waals surface area contributed by atoms with Crippen molar-refractivity contribution in [2.45, 2.75) is 38.2 Å². The zero-order valence-corrected chi connectivity index (χ0v) is 20.9. The fourth-order valence-electron chi connectivity index (χ4n) is 3.83. The van der Waals surface area contributed by atoms with Crippen LogP contribution < -0.4 is 10.6 Å². The third-order valence-electron chi connectivity index (χ3n) is 5.69. The van der Waals surface area contributed by atoms with Gasteiger partial charge >= 0.3 is 5.97 Å². The van der Waals surface area contributed by atoms with E-state index in [1.165, 1.54) is 23.6 Å². The first-order valence-electron chi connectivity index (χ1n) is 11.1. The van der Waals surface area contributed by atoms with E-state index in [-0.39, 0.29) is 23.2 Å². The summed E-state index contributed by atoms with van der Waals surface area (Å²) >= 11 is 7.64. The van der Waals surface area contributed by atoms with E-state index in [1.54, 1.807) is 30.3 Å². The highest BCUT2D eigenvalue weighted by Crippen LogP contribution is 2.41. The van der Waals surface area contributed by atoms with Gasteiger partial charge < -0.3 is 20.3 Å². The zero-order valence-electron chi connectivity index (χ0n) is 19.4. The van der Waals surface area contributed by atoms with Gasteiger partial charge in [0.1, 0.15) is 29.8 Å². The molecule has 2 aliphatic heterocycles. The molecule has 34 heavy (non-hydrogen) atoms. The Labute approximate surface area is 208 Å². The number of rotatable bonds is 10. The molecular weight excluding hydrogens is 480 g/mol. The van der Waals surface area contributed by atoms with E-state index in [0.29, 0.717) is 17.9 Å². The second-order valence-electron chi connectivity index (χ2n) is 7.86. The number of likely N-dealkylation sites (N-methyl/N-ethyl adjacent to an activating group) is 1. The molecule has 3 amide bonds. The van der Waals surface area contributed by atoms with Gasteiger partial charge in [-0.3, -0.25) is 19.3 Å². The number of hydrogen-bond acceptors (Lipinski definition) is 7. The van der Waals surface area contributed by atoms with Crippen molar-refractivity contribution in [2.75, 3.05) is 32.0 Å². The number of carbonyl (C=O) groups excluding carboxylic acids is 4. The number of ether oxygens (including phenoxy) is 1. The maximum Gasteiger partial charge on any atom is 0.356 e. The van der Waals surface area contributed by atoms with Crippen molar-refractivity contribution in [3.8, 4) is 0 Å². The minimum Gasteiger partial charge on any atom is -0.460 e. The summed E-state index contributed by atoms with van der Waals surface area (Å²) in [6.45, 7) is 7.81. The first kappa shape index (κ1) is 26.1. The number of nitrogens with one attached hydrogen (secondary N) is 2. The van der Waals surface area contributed by atoms with Gasteiger partial charge in [0.05, 0.1) is 5.03 Å². The van der Waals surface area contributed by atoms with Crippen molar-refractivity contribution in [3.63, 3.8) is 0 Å². The van der Waals surface area contributed by atoms with Crippen LogP contribution in [0.3, 0.4) is 0 Å². The minimum absolute atomic E-state index is 0.0296. The molecule has 1 saturated heterocycles. The molecule has 1 aromatic rings. The lowest BCUT2D eigenvalue weighted by Gasteiger charge is -2.49. The monoisotopic (exact) mass is 508 g/mol. The predicted octanol–water partition coefficient (Wildman–Crippen LogP) is 1.60. The van der Waals surface area contributed by atoms with Crippen molar-refractivity contribution in [1.29, 1.82) is 0 Å². The van der Waals surface area contributed by atoms with Gasteiger partial charge in [-0.2, -0.15) is 0 Å². The average Bonchev–Trinajstić information content (AvgIpc) is 2.83. The van der Waals surface area contributed by atoms with Crippen molar-refractivity contribution >= 4 is 47.1 Å². The van der Waals surface area contributed by atoms with Crippen LogP contribution in [0.15, 0.2) is 41.1 Å². The molecule has 0 bridgehead atoms. The predicted molar refractivity (Wildman–Crippen MR) is 130 cm³/mol. The summed E-state index contributed by atoms with van der Waals surface area (Å²) in [6.07, 6.45) is 0. The Balaban J connectivity index is 1.67. The van der Waals surface area contributed by atoms with E-state index in [0.717, 1.165) is 13.1 Å². The SMILES string of the molecule is CCN(CC)CCOC(=O)C1=C(Cl)CSC2[C@H](NC(=O)C(NC(C)=O)c3ccccc3)C(=O)N12. The Bertz CT molecular complexity index is 969. The number of thioether (sulfide) groups is 1. The van der Waals surface area contributed by atoms with Crippen LogP contribution in [0.1, 0.15) is 32.4 Å². The molecule has 3 rings (SSSR count). The lowest BCUT2D eigenvalue weighted by Crippen LogP contribution is -2.71.